The van der Waals surface area contributed by atoms with E-state index in [4.69, 9.17) is 9.26 Å². The average molecular weight is 308 g/mol. The summed E-state index contributed by atoms with van der Waals surface area (Å²) in [7, 11) is 0. The molecule has 1 amide bonds. The lowest BCUT2D eigenvalue weighted by Crippen LogP contribution is -2.30. The van der Waals surface area contributed by atoms with Gasteiger partial charge in [-0.3, -0.25) is 4.79 Å². The molecule has 112 valence electrons. The Balaban J connectivity index is 1.85. The van der Waals surface area contributed by atoms with Crippen LogP contribution >= 0.6 is 11.3 Å². The number of carbonyl (C=O) groups is 2. The highest BCUT2D eigenvalue weighted by molar-refractivity contribution is 7.10. The summed E-state index contributed by atoms with van der Waals surface area (Å²) >= 11 is 1.56. The Morgan fingerprint density at radius 2 is 2.24 bits per heavy atom. The largest absolute Gasteiger partial charge is 0.452 e. The van der Waals surface area contributed by atoms with Gasteiger partial charge in [-0.05, 0) is 32.2 Å². The van der Waals surface area contributed by atoms with Crippen LogP contribution < -0.4 is 5.32 Å². The molecule has 0 unspecified atom stereocenters. The van der Waals surface area contributed by atoms with Crippen molar-refractivity contribution in [2.75, 3.05) is 6.61 Å². The molecule has 0 saturated heterocycles. The molecule has 1 atom stereocenters. The molecule has 0 bridgehead atoms. The van der Waals surface area contributed by atoms with E-state index in [1.165, 1.54) is 0 Å². The number of amides is 1. The van der Waals surface area contributed by atoms with Crippen LogP contribution in [0, 0.1) is 13.8 Å². The monoisotopic (exact) mass is 308 g/mol. The first kappa shape index (κ1) is 15.2. The normalized spacial score (nSPS) is 12.0. The fourth-order valence-electron chi connectivity index (χ4n) is 1.87. The summed E-state index contributed by atoms with van der Waals surface area (Å²) in [6.07, 6.45) is 0. The van der Waals surface area contributed by atoms with Crippen molar-refractivity contribution in [2.24, 2.45) is 0 Å². The van der Waals surface area contributed by atoms with Crippen LogP contribution in [0.1, 0.15) is 39.7 Å². The number of hydrogen-bond donors (Lipinski definition) is 1. The van der Waals surface area contributed by atoms with E-state index in [2.05, 4.69) is 10.5 Å². The van der Waals surface area contributed by atoms with Crippen molar-refractivity contribution in [3.8, 4) is 0 Å². The molecule has 2 rings (SSSR count). The number of hydrogen-bond acceptors (Lipinski definition) is 6. The van der Waals surface area contributed by atoms with Crippen LogP contribution in [-0.2, 0) is 9.53 Å². The van der Waals surface area contributed by atoms with E-state index in [9.17, 15) is 9.59 Å². The smallest absolute Gasteiger partial charge is 0.344 e. The molecule has 6 nitrogen and oxygen atoms in total. The fourth-order valence-corrected chi connectivity index (χ4v) is 2.60. The van der Waals surface area contributed by atoms with Gasteiger partial charge in [0.2, 0.25) is 0 Å². The number of nitrogens with zero attached hydrogens (tertiary/aromatic N) is 1. The second-order valence-electron chi connectivity index (χ2n) is 4.58. The van der Waals surface area contributed by atoms with E-state index < -0.39 is 5.97 Å². The maximum atomic E-state index is 11.9. The molecular formula is C14H16N2O4S. The zero-order valence-corrected chi connectivity index (χ0v) is 12.8. The van der Waals surface area contributed by atoms with Crippen LogP contribution in [0.15, 0.2) is 22.0 Å². The van der Waals surface area contributed by atoms with Gasteiger partial charge in [0, 0.05) is 4.88 Å². The third kappa shape index (κ3) is 3.69. The van der Waals surface area contributed by atoms with Crippen LogP contribution in [0.2, 0.25) is 0 Å². The molecule has 0 spiro atoms. The summed E-state index contributed by atoms with van der Waals surface area (Å²) in [5.74, 6) is -0.578. The Kier molecular flexibility index (Phi) is 4.74. The quantitative estimate of drug-likeness (QED) is 0.858. The third-order valence-corrected chi connectivity index (χ3v) is 3.97. The van der Waals surface area contributed by atoms with Crippen LogP contribution in [0.5, 0.6) is 0 Å². The Hall–Kier alpha value is -2.15. The first-order valence-electron chi connectivity index (χ1n) is 6.41. The summed E-state index contributed by atoms with van der Waals surface area (Å²) in [5.41, 5.74) is 0.721. The van der Waals surface area contributed by atoms with Crippen molar-refractivity contribution < 1.29 is 18.8 Å². The van der Waals surface area contributed by atoms with Crippen LogP contribution in [0.25, 0.3) is 0 Å². The summed E-state index contributed by atoms with van der Waals surface area (Å²) in [5, 5.41) is 8.38. The number of carbonyl (C=O) groups excluding carboxylic acids is 2. The third-order valence-electron chi connectivity index (χ3n) is 2.92. The van der Waals surface area contributed by atoms with Gasteiger partial charge in [-0.25, -0.2) is 4.79 Å². The summed E-state index contributed by atoms with van der Waals surface area (Å²) in [4.78, 5) is 24.7. The minimum absolute atomic E-state index is 0.115. The second-order valence-corrected chi connectivity index (χ2v) is 5.56. The van der Waals surface area contributed by atoms with Gasteiger partial charge in [0.05, 0.1) is 11.7 Å². The minimum Gasteiger partial charge on any atom is -0.452 e. The van der Waals surface area contributed by atoms with Crippen LogP contribution in [0.3, 0.4) is 0 Å². The van der Waals surface area contributed by atoms with Gasteiger partial charge in [-0.15, -0.1) is 11.3 Å². The van der Waals surface area contributed by atoms with E-state index in [1.807, 2.05) is 24.4 Å². The molecule has 0 aliphatic rings. The maximum Gasteiger partial charge on any atom is 0.344 e. The standard InChI is InChI=1S/C14H16N2O4S/c1-8(11-5-4-6-21-11)15-12(17)7-19-14(18)13-9(2)16-20-10(13)3/h4-6,8H,7H2,1-3H3,(H,15,17)/t8-/m1/s1. The van der Waals surface area contributed by atoms with Gasteiger partial charge >= 0.3 is 5.97 Å². The SMILES string of the molecule is Cc1noc(C)c1C(=O)OCC(=O)N[C@H](C)c1cccs1. The molecule has 0 aromatic carbocycles. The Morgan fingerprint density at radius 3 is 2.81 bits per heavy atom. The van der Waals surface area contributed by atoms with Gasteiger partial charge in [0.25, 0.3) is 5.91 Å². The van der Waals surface area contributed by atoms with Crippen molar-refractivity contribution in [3.63, 3.8) is 0 Å². The molecule has 0 radical (unpaired) electrons. The lowest BCUT2D eigenvalue weighted by atomic mass is 10.2. The molecular weight excluding hydrogens is 292 g/mol. The van der Waals surface area contributed by atoms with Gasteiger partial charge in [-0.2, -0.15) is 0 Å². The highest BCUT2D eigenvalue weighted by atomic mass is 32.1. The van der Waals surface area contributed by atoms with Crippen molar-refractivity contribution in [3.05, 3.63) is 39.4 Å². The van der Waals surface area contributed by atoms with E-state index >= 15 is 0 Å². The molecule has 0 aliphatic carbocycles. The average Bonchev–Trinajstić information content (AvgIpc) is 3.06. The Bertz CT molecular complexity index is 614. The van der Waals surface area contributed by atoms with E-state index in [1.54, 1.807) is 25.2 Å². The first-order valence-corrected chi connectivity index (χ1v) is 7.29. The van der Waals surface area contributed by atoms with Crippen molar-refractivity contribution in [1.29, 1.82) is 0 Å². The van der Waals surface area contributed by atoms with Crippen molar-refractivity contribution in [1.82, 2.24) is 10.5 Å². The summed E-state index contributed by atoms with van der Waals surface area (Å²) < 4.78 is 9.87. The van der Waals surface area contributed by atoms with Crippen LogP contribution in [-0.4, -0.2) is 23.6 Å². The number of rotatable bonds is 5. The van der Waals surface area contributed by atoms with Crippen LogP contribution in [0.4, 0.5) is 0 Å². The number of esters is 1. The predicted octanol–water partition coefficient (Wildman–Crippen LogP) is 2.39. The molecule has 7 heteroatoms. The van der Waals surface area contributed by atoms with Gasteiger partial charge in [0.15, 0.2) is 6.61 Å². The molecule has 21 heavy (non-hydrogen) atoms. The topological polar surface area (TPSA) is 81.4 Å². The highest BCUT2D eigenvalue weighted by Gasteiger charge is 2.20. The first-order chi connectivity index (χ1) is 9.99. The number of ether oxygens (including phenoxy) is 1. The number of nitrogens with one attached hydrogen (secondary N) is 1. The minimum atomic E-state index is -0.606. The Labute approximate surface area is 126 Å². The summed E-state index contributed by atoms with van der Waals surface area (Å²) in [6, 6.07) is 3.74. The van der Waals surface area contributed by atoms with Gasteiger partial charge in [-0.1, -0.05) is 11.2 Å². The highest BCUT2D eigenvalue weighted by Crippen LogP contribution is 2.18. The Morgan fingerprint density at radius 1 is 1.48 bits per heavy atom. The van der Waals surface area contributed by atoms with Gasteiger partial charge in [0.1, 0.15) is 11.3 Å². The predicted molar refractivity (Wildman–Crippen MR) is 77.1 cm³/mol. The maximum absolute atomic E-state index is 11.9. The number of aryl methyl sites for hydroxylation is 2. The fraction of sp³-hybridized carbons (Fsp3) is 0.357. The molecule has 2 aromatic heterocycles. The molecule has 0 fully saturated rings. The van der Waals surface area contributed by atoms with Crippen molar-refractivity contribution >= 4 is 23.2 Å². The lowest BCUT2D eigenvalue weighted by molar-refractivity contribution is -0.124. The molecule has 0 aliphatic heterocycles. The molecule has 2 aromatic rings. The van der Waals surface area contributed by atoms with Crippen molar-refractivity contribution in [2.45, 2.75) is 26.8 Å². The molecule has 1 N–H and O–H groups in total. The molecule has 2 heterocycles. The number of aromatic nitrogens is 1. The summed E-state index contributed by atoms with van der Waals surface area (Å²) in [6.45, 7) is 4.81. The van der Waals surface area contributed by atoms with E-state index in [-0.39, 0.29) is 24.1 Å². The zero-order valence-electron chi connectivity index (χ0n) is 12.0. The lowest BCUT2D eigenvalue weighted by Gasteiger charge is -2.12. The number of thiophene rings is 1. The van der Waals surface area contributed by atoms with E-state index in [0.717, 1.165) is 4.88 Å². The zero-order chi connectivity index (χ0) is 15.4. The van der Waals surface area contributed by atoms with E-state index in [0.29, 0.717) is 11.5 Å². The second kappa shape index (κ2) is 6.53. The molecule has 0 saturated carbocycles. The van der Waals surface area contributed by atoms with Gasteiger partial charge < -0.3 is 14.6 Å².